The van der Waals surface area contributed by atoms with Crippen LogP contribution in [0, 0.1) is 0 Å². The number of carbonyl (C=O) groups excluding carboxylic acids is 2. The number of urea groups is 1. The molecule has 4 rings (SSSR count). The Bertz CT molecular complexity index is 1050. The van der Waals surface area contributed by atoms with Gasteiger partial charge in [-0.3, -0.25) is 4.79 Å². The second kappa shape index (κ2) is 8.31. The van der Waals surface area contributed by atoms with E-state index in [4.69, 9.17) is 0 Å². The summed E-state index contributed by atoms with van der Waals surface area (Å²) in [5, 5.41) is 7.09. The van der Waals surface area contributed by atoms with Gasteiger partial charge in [0, 0.05) is 5.56 Å². The van der Waals surface area contributed by atoms with Gasteiger partial charge < -0.3 is 10.2 Å². The first-order valence-corrected chi connectivity index (χ1v) is 10.4. The maximum Gasteiger partial charge on any atom is 0.329 e. The molecular weight excluding hydrogens is 392 g/mol. The highest BCUT2D eigenvalue weighted by Crippen LogP contribution is 2.31. The molecule has 2 N–H and O–H groups in total. The topological polar surface area (TPSA) is 84.6 Å². The fourth-order valence-electron chi connectivity index (χ4n) is 4.06. The number of hydrogen-bond donors (Lipinski definition) is 2. The lowest BCUT2D eigenvalue weighted by Gasteiger charge is -2.28. The Morgan fingerprint density at radius 1 is 1.10 bits per heavy atom. The van der Waals surface area contributed by atoms with Crippen LogP contribution in [0.3, 0.4) is 0 Å². The largest absolute Gasteiger partial charge is 0.329 e. The van der Waals surface area contributed by atoms with Crippen molar-refractivity contribution >= 4 is 11.9 Å². The van der Waals surface area contributed by atoms with Crippen molar-refractivity contribution in [2.75, 3.05) is 13.7 Å². The molecule has 1 aromatic heterocycles. The summed E-state index contributed by atoms with van der Waals surface area (Å²) >= 11 is 0. The Balaban J connectivity index is 1.49. The number of hydrogen-bond acceptors (Lipinski definition) is 4. The smallest absolute Gasteiger partial charge is 0.319 e. The van der Waals surface area contributed by atoms with E-state index < -0.39 is 5.54 Å². The zero-order valence-electron chi connectivity index (χ0n) is 17.9. The maximum atomic E-state index is 13.4. The van der Waals surface area contributed by atoms with Gasteiger partial charge in [0.15, 0.2) is 6.67 Å². The minimum Gasteiger partial charge on any atom is -0.319 e. The molecule has 3 aromatic rings. The molecule has 3 atom stereocenters. The van der Waals surface area contributed by atoms with E-state index in [0.29, 0.717) is 6.42 Å². The van der Waals surface area contributed by atoms with Gasteiger partial charge in [0.25, 0.3) is 5.91 Å². The molecule has 1 saturated heterocycles. The van der Waals surface area contributed by atoms with Crippen LogP contribution in [0.15, 0.2) is 67.3 Å². The minimum absolute atomic E-state index is 0.0822. The van der Waals surface area contributed by atoms with E-state index in [2.05, 4.69) is 22.3 Å². The lowest BCUT2D eigenvalue weighted by molar-refractivity contribution is -0.917. The molecule has 31 heavy (non-hydrogen) atoms. The van der Waals surface area contributed by atoms with Crippen molar-refractivity contribution in [2.24, 2.45) is 0 Å². The van der Waals surface area contributed by atoms with Crippen LogP contribution >= 0.6 is 0 Å². The van der Waals surface area contributed by atoms with E-state index in [0.717, 1.165) is 21.7 Å². The highest BCUT2D eigenvalue weighted by Gasteiger charge is 2.52. The van der Waals surface area contributed by atoms with Gasteiger partial charge in [0.1, 0.15) is 24.2 Å². The van der Waals surface area contributed by atoms with Crippen LogP contribution in [-0.4, -0.2) is 45.3 Å². The van der Waals surface area contributed by atoms with Crippen LogP contribution < -0.4 is 10.2 Å². The Morgan fingerprint density at radius 3 is 2.42 bits per heavy atom. The van der Waals surface area contributed by atoms with Crippen LogP contribution in [-0.2, 0) is 10.3 Å². The van der Waals surface area contributed by atoms with Crippen molar-refractivity contribution in [3.05, 3.63) is 78.4 Å². The van der Waals surface area contributed by atoms with Gasteiger partial charge in [-0.15, -0.1) is 0 Å². The molecule has 0 radical (unpaired) electrons. The molecule has 2 heterocycles. The molecule has 0 bridgehead atoms. The normalized spacial score (nSPS) is 20.5. The second-order valence-corrected chi connectivity index (χ2v) is 7.95. The number of benzene rings is 2. The minimum atomic E-state index is -0.999. The second-order valence-electron chi connectivity index (χ2n) is 7.95. The molecule has 1 unspecified atom stereocenters. The molecule has 8 nitrogen and oxygen atoms in total. The van der Waals surface area contributed by atoms with Gasteiger partial charge in [-0.1, -0.05) is 49.4 Å². The molecule has 1 fully saturated rings. The summed E-state index contributed by atoms with van der Waals surface area (Å²) in [4.78, 5) is 32.5. The molecular formula is C23H27N6O2+. The van der Waals surface area contributed by atoms with Gasteiger partial charge in [0.2, 0.25) is 0 Å². The van der Waals surface area contributed by atoms with E-state index >= 15 is 0 Å². The van der Waals surface area contributed by atoms with Crippen molar-refractivity contribution in [3.8, 4) is 5.69 Å². The summed E-state index contributed by atoms with van der Waals surface area (Å²) in [6.45, 7) is 4.29. The first kappa shape index (κ1) is 20.7. The zero-order chi connectivity index (χ0) is 22.0. The first-order chi connectivity index (χ1) is 15.0. The lowest BCUT2D eigenvalue weighted by Crippen LogP contribution is -3.10. The van der Waals surface area contributed by atoms with E-state index in [-0.39, 0.29) is 24.6 Å². The van der Waals surface area contributed by atoms with Crippen LogP contribution in [0.2, 0.25) is 0 Å². The Hall–Kier alpha value is -3.52. The highest BCUT2D eigenvalue weighted by atomic mass is 16.2. The number of nitrogens with zero attached hydrogens (tertiary/aromatic N) is 4. The van der Waals surface area contributed by atoms with Crippen molar-refractivity contribution in [3.63, 3.8) is 0 Å². The summed E-state index contributed by atoms with van der Waals surface area (Å²) in [7, 11) is 1.99. The number of carbonyl (C=O) groups is 2. The zero-order valence-corrected chi connectivity index (χ0v) is 17.9. The fourth-order valence-corrected chi connectivity index (χ4v) is 4.06. The van der Waals surface area contributed by atoms with Crippen molar-refractivity contribution < 1.29 is 14.5 Å². The van der Waals surface area contributed by atoms with Crippen LogP contribution in [0.1, 0.15) is 37.4 Å². The maximum absolute atomic E-state index is 13.4. The monoisotopic (exact) mass is 419 g/mol. The number of quaternary nitrogens is 1. The summed E-state index contributed by atoms with van der Waals surface area (Å²) in [5.41, 5.74) is 1.85. The van der Waals surface area contributed by atoms with E-state index in [1.165, 1.54) is 11.2 Å². The number of imide groups is 1. The molecule has 0 aliphatic carbocycles. The first-order valence-electron chi connectivity index (χ1n) is 10.4. The van der Waals surface area contributed by atoms with E-state index in [9.17, 15) is 9.59 Å². The SMILES string of the molecule is CC[C@@]1(c2ccccc2)NC(=O)N(C[NH+](C)[C@@H](C)c2ccc(-n3cncn3)cc2)C1=O. The summed E-state index contributed by atoms with van der Waals surface area (Å²) in [6, 6.07) is 17.2. The fraction of sp³-hybridized carbons (Fsp3) is 0.304. The molecule has 1 aliphatic rings. The standard InChI is InChI=1S/C23H26N6O2/c1-4-23(19-8-6-5-7-9-19)21(30)28(22(31)26-23)16-27(3)17(2)18-10-12-20(13-11-18)29-15-24-14-25-29/h5-15,17H,4,16H2,1-3H3,(H,26,31)/p+1/t17-,23-/m0/s1. The quantitative estimate of drug-likeness (QED) is 0.571. The number of aromatic nitrogens is 3. The van der Waals surface area contributed by atoms with E-state index in [1.807, 2.05) is 68.6 Å². The highest BCUT2D eigenvalue weighted by molar-refractivity contribution is 6.07. The molecule has 0 spiro atoms. The van der Waals surface area contributed by atoms with E-state index in [1.54, 1.807) is 11.0 Å². The molecule has 160 valence electrons. The van der Waals surface area contributed by atoms with Gasteiger partial charge in [-0.2, -0.15) is 5.10 Å². The van der Waals surface area contributed by atoms with Gasteiger partial charge >= 0.3 is 6.03 Å². The summed E-state index contributed by atoms with van der Waals surface area (Å²) in [6.07, 6.45) is 3.65. The third kappa shape index (κ3) is 3.70. The van der Waals surface area contributed by atoms with Crippen LogP contribution in [0.4, 0.5) is 4.79 Å². The third-order valence-electron chi connectivity index (χ3n) is 6.20. The average molecular weight is 420 g/mol. The summed E-state index contributed by atoms with van der Waals surface area (Å²) in [5.74, 6) is -0.195. The van der Waals surface area contributed by atoms with Crippen LogP contribution in [0.5, 0.6) is 0 Å². The van der Waals surface area contributed by atoms with Crippen molar-refractivity contribution in [1.29, 1.82) is 0 Å². The van der Waals surface area contributed by atoms with Crippen molar-refractivity contribution in [1.82, 2.24) is 25.0 Å². The summed E-state index contributed by atoms with van der Waals surface area (Å²) < 4.78 is 1.70. The predicted octanol–water partition coefficient (Wildman–Crippen LogP) is 1.66. The Labute approximate surface area is 181 Å². The molecule has 3 amide bonds. The molecule has 2 aromatic carbocycles. The molecule has 0 saturated carbocycles. The Morgan fingerprint density at radius 2 is 1.81 bits per heavy atom. The predicted molar refractivity (Wildman–Crippen MR) is 115 cm³/mol. The van der Waals surface area contributed by atoms with Gasteiger partial charge in [-0.25, -0.2) is 19.4 Å². The number of rotatable bonds is 7. The van der Waals surface area contributed by atoms with Gasteiger partial charge in [-0.05, 0) is 31.0 Å². The lowest BCUT2D eigenvalue weighted by atomic mass is 9.87. The van der Waals surface area contributed by atoms with Gasteiger partial charge in [0.05, 0.1) is 12.7 Å². The number of amides is 3. The molecule has 1 aliphatic heterocycles. The number of nitrogens with one attached hydrogen (secondary N) is 2. The Kier molecular flexibility index (Phi) is 5.56. The average Bonchev–Trinajstić information content (AvgIpc) is 3.42. The van der Waals surface area contributed by atoms with Crippen LogP contribution in [0.25, 0.3) is 5.69 Å². The molecule has 8 heteroatoms. The third-order valence-corrected chi connectivity index (χ3v) is 6.20. The van der Waals surface area contributed by atoms with Crippen molar-refractivity contribution in [2.45, 2.75) is 31.8 Å².